The molecule has 3 aromatic rings. The van der Waals surface area contributed by atoms with Crippen molar-refractivity contribution in [1.29, 1.82) is 0 Å². The smallest absolute Gasteiger partial charge is 0.252 e. The van der Waals surface area contributed by atoms with Crippen LogP contribution in [0.1, 0.15) is 34.4 Å². The monoisotopic (exact) mass is 351 g/mol. The van der Waals surface area contributed by atoms with Crippen LogP contribution in [0.2, 0.25) is 0 Å². The summed E-state index contributed by atoms with van der Waals surface area (Å²) in [6.45, 7) is 4.98. The number of nitrogens with zero attached hydrogens (tertiary/aromatic N) is 4. The molecule has 0 unspecified atom stereocenters. The molecular weight excluding hydrogens is 330 g/mol. The van der Waals surface area contributed by atoms with E-state index in [4.69, 9.17) is 4.74 Å². The summed E-state index contributed by atoms with van der Waals surface area (Å²) < 4.78 is 7.48. The molecule has 1 aromatic carbocycles. The molecule has 0 saturated heterocycles. The summed E-state index contributed by atoms with van der Waals surface area (Å²) in [5, 5.41) is 7.31. The lowest BCUT2D eigenvalue weighted by Gasteiger charge is -2.26. The summed E-state index contributed by atoms with van der Waals surface area (Å²) >= 11 is 0. The molecule has 1 N–H and O–H groups in total. The number of aromatic nitrogens is 4. The average molecular weight is 351 g/mol. The maximum atomic E-state index is 12.3. The third-order valence-corrected chi connectivity index (χ3v) is 4.56. The van der Waals surface area contributed by atoms with Gasteiger partial charge in [-0.1, -0.05) is 24.3 Å². The minimum absolute atomic E-state index is 0.107. The fourth-order valence-electron chi connectivity index (χ4n) is 3.34. The topological polar surface area (TPSA) is 81.4 Å². The molecule has 26 heavy (non-hydrogen) atoms. The summed E-state index contributed by atoms with van der Waals surface area (Å²) in [7, 11) is 0. The molecule has 1 aliphatic rings. The number of carbonyl (C=O) groups is 1. The van der Waals surface area contributed by atoms with Gasteiger partial charge in [0.05, 0.1) is 13.0 Å². The molecule has 0 radical (unpaired) electrons. The van der Waals surface area contributed by atoms with Crippen molar-refractivity contribution in [3.05, 3.63) is 58.7 Å². The number of ether oxygens (including phenoxy) is 1. The highest BCUT2D eigenvalue weighted by Crippen LogP contribution is 2.26. The van der Waals surface area contributed by atoms with Gasteiger partial charge in [0.25, 0.3) is 5.78 Å². The van der Waals surface area contributed by atoms with E-state index < -0.39 is 0 Å². The Kier molecular flexibility index (Phi) is 4.38. The molecule has 7 heteroatoms. The molecule has 3 heterocycles. The van der Waals surface area contributed by atoms with Crippen molar-refractivity contribution in [1.82, 2.24) is 24.9 Å². The van der Waals surface area contributed by atoms with E-state index in [9.17, 15) is 4.79 Å². The van der Waals surface area contributed by atoms with Gasteiger partial charge >= 0.3 is 0 Å². The summed E-state index contributed by atoms with van der Waals surface area (Å²) in [5.41, 5.74) is 4.27. The first kappa shape index (κ1) is 16.7. The van der Waals surface area contributed by atoms with E-state index in [0.717, 1.165) is 23.4 Å². The van der Waals surface area contributed by atoms with Crippen LogP contribution in [0.3, 0.4) is 0 Å². The Labute approximate surface area is 151 Å². The second-order valence-electron chi connectivity index (χ2n) is 6.57. The number of nitrogens with one attached hydrogen (secondary N) is 1. The first-order valence-electron chi connectivity index (χ1n) is 8.76. The van der Waals surface area contributed by atoms with Crippen molar-refractivity contribution in [3.63, 3.8) is 0 Å². The van der Waals surface area contributed by atoms with E-state index in [-0.39, 0.29) is 18.4 Å². The number of fused-ring (bicyclic) bond motifs is 2. The van der Waals surface area contributed by atoms with E-state index in [1.54, 1.807) is 4.52 Å². The fourth-order valence-corrected chi connectivity index (χ4v) is 3.34. The fraction of sp³-hybridized carbons (Fsp3) is 0.368. The molecule has 1 atom stereocenters. The van der Waals surface area contributed by atoms with E-state index in [0.29, 0.717) is 24.8 Å². The van der Waals surface area contributed by atoms with Crippen LogP contribution in [-0.4, -0.2) is 38.6 Å². The number of hydrogen-bond acceptors (Lipinski definition) is 5. The van der Waals surface area contributed by atoms with Gasteiger partial charge in [-0.25, -0.2) is 9.50 Å². The molecular formula is C19H21N5O2. The lowest BCUT2D eigenvalue weighted by molar-refractivity contribution is -0.121. The molecule has 0 fully saturated rings. The Hall–Kier alpha value is -2.80. The van der Waals surface area contributed by atoms with Crippen LogP contribution in [0.5, 0.6) is 0 Å². The Morgan fingerprint density at radius 1 is 1.31 bits per heavy atom. The summed E-state index contributed by atoms with van der Waals surface area (Å²) in [5.74, 6) is 0.866. The minimum Gasteiger partial charge on any atom is -0.371 e. The lowest BCUT2D eigenvalue weighted by Crippen LogP contribution is -2.33. The van der Waals surface area contributed by atoms with Crippen LogP contribution in [-0.2, 0) is 22.4 Å². The van der Waals surface area contributed by atoms with Gasteiger partial charge in [0.15, 0.2) is 5.82 Å². The minimum atomic E-state index is -0.123. The average Bonchev–Trinajstić information content (AvgIpc) is 3.02. The Morgan fingerprint density at radius 2 is 2.15 bits per heavy atom. The third-order valence-electron chi connectivity index (χ3n) is 4.56. The number of hydrogen-bond donors (Lipinski definition) is 1. The van der Waals surface area contributed by atoms with Crippen molar-refractivity contribution in [2.75, 3.05) is 13.2 Å². The quantitative estimate of drug-likeness (QED) is 0.774. The zero-order chi connectivity index (χ0) is 18.1. The van der Waals surface area contributed by atoms with Crippen LogP contribution in [0.4, 0.5) is 0 Å². The molecule has 1 aliphatic heterocycles. The molecule has 0 aliphatic carbocycles. The number of amides is 1. The van der Waals surface area contributed by atoms with E-state index in [2.05, 4.69) is 32.5 Å². The van der Waals surface area contributed by atoms with E-state index >= 15 is 0 Å². The predicted octanol–water partition coefficient (Wildman–Crippen LogP) is 1.71. The molecule has 0 saturated carbocycles. The number of aryl methyl sites for hydroxylation is 2. The van der Waals surface area contributed by atoms with Crippen molar-refractivity contribution in [2.24, 2.45) is 0 Å². The first-order chi connectivity index (χ1) is 12.6. The zero-order valence-electron chi connectivity index (χ0n) is 14.9. The van der Waals surface area contributed by atoms with Gasteiger partial charge in [-0.15, -0.1) is 5.10 Å². The maximum Gasteiger partial charge on any atom is 0.252 e. The molecule has 2 aromatic heterocycles. The molecule has 4 rings (SSSR count). The molecule has 1 amide bonds. The largest absolute Gasteiger partial charge is 0.371 e. The van der Waals surface area contributed by atoms with Crippen molar-refractivity contribution < 1.29 is 9.53 Å². The molecule has 0 bridgehead atoms. The van der Waals surface area contributed by atoms with Crippen LogP contribution in [0.25, 0.3) is 5.78 Å². The van der Waals surface area contributed by atoms with Gasteiger partial charge in [-0.3, -0.25) is 4.79 Å². The SMILES string of the molecule is Cc1cc(C)n2nc(CC(=O)NC[C@@H]3OCCc4ccccc43)nc2n1. The van der Waals surface area contributed by atoms with Gasteiger partial charge < -0.3 is 10.1 Å². The van der Waals surface area contributed by atoms with Crippen molar-refractivity contribution >= 4 is 11.7 Å². The highest BCUT2D eigenvalue weighted by atomic mass is 16.5. The second kappa shape index (κ2) is 6.84. The van der Waals surface area contributed by atoms with E-state index in [1.807, 2.05) is 32.0 Å². The van der Waals surface area contributed by atoms with E-state index in [1.165, 1.54) is 5.56 Å². The van der Waals surface area contributed by atoms with Crippen molar-refractivity contribution in [2.45, 2.75) is 32.8 Å². The molecule has 7 nitrogen and oxygen atoms in total. The predicted molar refractivity (Wildman–Crippen MR) is 95.8 cm³/mol. The van der Waals surface area contributed by atoms with Gasteiger partial charge in [0, 0.05) is 17.9 Å². The summed E-state index contributed by atoms with van der Waals surface area (Å²) in [4.78, 5) is 21.0. The van der Waals surface area contributed by atoms with Gasteiger partial charge in [0.2, 0.25) is 5.91 Å². The number of rotatable bonds is 4. The Morgan fingerprint density at radius 3 is 3.04 bits per heavy atom. The van der Waals surface area contributed by atoms with Crippen LogP contribution >= 0.6 is 0 Å². The first-order valence-corrected chi connectivity index (χ1v) is 8.76. The van der Waals surface area contributed by atoms with Crippen LogP contribution < -0.4 is 5.32 Å². The highest BCUT2D eigenvalue weighted by Gasteiger charge is 2.21. The number of benzene rings is 1. The summed E-state index contributed by atoms with van der Waals surface area (Å²) in [6.07, 6.45) is 0.929. The third kappa shape index (κ3) is 3.30. The zero-order valence-corrected chi connectivity index (χ0v) is 14.9. The van der Waals surface area contributed by atoms with Gasteiger partial charge in [0.1, 0.15) is 6.10 Å². The van der Waals surface area contributed by atoms with Crippen LogP contribution in [0, 0.1) is 13.8 Å². The van der Waals surface area contributed by atoms with Gasteiger partial charge in [-0.2, -0.15) is 4.98 Å². The highest BCUT2D eigenvalue weighted by molar-refractivity contribution is 5.77. The maximum absolute atomic E-state index is 12.3. The van der Waals surface area contributed by atoms with Crippen LogP contribution in [0.15, 0.2) is 30.3 Å². The Balaban J connectivity index is 1.41. The van der Waals surface area contributed by atoms with Gasteiger partial charge in [-0.05, 0) is 37.5 Å². The standard InChI is InChI=1S/C19H21N5O2/c1-12-9-13(2)24-19(21-12)22-17(23-24)10-18(25)20-11-16-15-6-4-3-5-14(15)7-8-26-16/h3-6,9,16H,7-8,10-11H2,1-2H3,(H,20,25)/t16-/m0/s1. The lowest BCUT2D eigenvalue weighted by atomic mass is 9.97. The normalized spacial score (nSPS) is 16.5. The molecule has 0 spiro atoms. The molecule has 134 valence electrons. The number of carbonyl (C=O) groups excluding carboxylic acids is 1. The second-order valence-corrected chi connectivity index (χ2v) is 6.57. The van der Waals surface area contributed by atoms with Crippen molar-refractivity contribution in [3.8, 4) is 0 Å². The Bertz CT molecular complexity index is 966. The summed E-state index contributed by atoms with van der Waals surface area (Å²) in [6, 6.07) is 10.1.